The maximum atomic E-state index is 14.3. The molecular formula is C33H35FN6O4. The Labute approximate surface area is 253 Å². The average Bonchev–Trinajstić information content (AvgIpc) is 3.69. The summed E-state index contributed by atoms with van der Waals surface area (Å²) in [4.78, 5) is 25.0. The number of carbonyl (C=O) groups excluding carboxylic acids is 1. The highest BCUT2D eigenvalue weighted by molar-refractivity contribution is 6.00. The Bertz CT molecular complexity index is 1900. The minimum absolute atomic E-state index is 0.0214. The Morgan fingerprint density at radius 2 is 1.84 bits per heavy atom. The summed E-state index contributed by atoms with van der Waals surface area (Å²) in [5.41, 5.74) is 11.1. The Kier molecular flexibility index (Phi) is 6.92. The van der Waals surface area contributed by atoms with E-state index < -0.39 is 12.2 Å². The van der Waals surface area contributed by atoms with E-state index in [-0.39, 0.29) is 24.6 Å². The van der Waals surface area contributed by atoms with Gasteiger partial charge in [0.25, 0.3) is 5.91 Å². The number of ether oxygens (including phenoxy) is 2. The van der Waals surface area contributed by atoms with Crippen LogP contribution in [0.3, 0.4) is 0 Å². The van der Waals surface area contributed by atoms with Gasteiger partial charge in [0.1, 0.15) is 23.1 Å². The molecule has 228 valence electrons. The molecule has 5 aromatic rings. The number of nitrogens with zero attached hydrogens (tertiary/aromatic N) is 5. The molecular weight excluding hydrogens is 563 g/mol. The number of rotatable bonds is 7. The smallest absolute Gasteiger partial charge is 0.254 e. The maximum Gasteiger partial charge on any atom is 0.254 e. The molecule has 0 bridgehead atoms. The Hall–Kier alpha value is -4.64. The van der Waals surface area contributed by atoms with Gasteiger partial charge in [0.05, 0.1) is 37.7 Å². The fourth-order valence-corrected chi connectivity index (χ4v) is 6.30. The van der Waals surface area contributed by atoms with Crippen molar-refractivity contribution in [3.63, 3.8) is 0 Å². The van der Waals surface area contributed by atoms with Gasteiger partial charge in [-0.3, -0.25) is 4.79 Å². The molecule has 3 N–H and O–H groups in total. The molecule has 11 heteroatoms. The molecule has 1 saturated heterocycles. The van der Waals surface area contributed by atoms with E-state index >= 15 is 0 Å². The zero-order valence-corrected chi connectivity index (χ0v) is 25.0. The van der Waals surface area contributed by atoms with Gasteiger partial charge in [0.15, 0.2) is 17.3 Å². The van der Waals surface area contributed by atoms with Gasteiger partial charge in [-0.15, -0.1) is 0 Å². The lowest BCUT2D eigenvalue weighted by molar-refractivity contribution is 0.0606. The molecule has 1 aliphatic carbocycles. The zero-order valence-electron chi connectivity index (χ0n) is 25.0. The zero-order chi connectivity index (χ0) is 30.7. The number of piperidine rings is 1. The second-order valence-electron chi connectivity index (χ2n) is 11.9. The van der Waals surface area contributed by atoms with E-state index in [1.165, 1.54) is 12.0 Å². The van der Waals surface area contributed by atoms with Crippen molar-refractivity contribution in [3.05, 3.63) is 54.1 Å². The number of alkyl halides is 1. The van der Waals surface area contributed by atoms with Crippen molar-refractivity contribution in [2.45, 2.75) is 38.0 Å². The number of phenolic OH excluding ortho intramolecular Hbond substituents is 1. The fourth-order valence-electron chi connectivity index (χ4n) is 6.30. The minimum atomic E-state index is -1.15. The summed E-state index contributed by atoms with van der Waals surface area (Å²) in [5, 5.41) is 11.1. The molecule has 2 aliphatic rings. The standard InChI is InChI=1S/C33H35FN6O4/c1-38-30-25(10-21(13-29(30)44-3)33(42)39-16-22(34)14-23(35)17-39)37-32(38)26-11-20-6-8-24(19-7-9-27(41)28(12-19)43-2)36-31(20)40(26)15-18-4-5-18/h6-13,18,22-23,41H,4-5,14-17,35H2,1-3H3/t22-,23-/m1/s1. The van der Waals surface area contributed by atoms with Gasteiger partial charge in [0, 0.05) is 42.7 Å². The van der Waals surface area contributed by atoms with E-state index in [1.807, 2.05) is 29.8 Å². The highest BCUT2D eigenvalue weighted by atomic mass is 19.1. The van der Waals surface area contributed by atoms with Gasteiger partial charge in [-0.2, -0.15) is 0 Å². The molecule has 7 rings (SSSR count). The van der Waals surface area contributed by atoms with E-state index in [0.717, 1.165) is 58.7 Å². The molecule has 0 unspecified atom stereocenters. The van der Waals surface area contributed by atoms with Gasteiger partial charge in [-0.05, 0) is 73.7 Å². The lowest BCUT2D eigenvalue weighted by Crippen LogP contribution is -2.50. The van der Waals surface area contributed by atoms with Crippen molar-refractivity contribution >= 4 is 28.0 Å². The number of carbonyl (C=O) groups is 1. The Balaban J connectivity index is 1.34. The number of hydrogen-bond acceptors (Lipinski definition) is 7. The summed E-state index contributed by atoms with van der Waals surface area (Å²) >= 11 is 0. The first-order chi connectivity index (χ1) is 21.2. The first kappa shape index (κ1) is 28.1. The second-order valence-corrected chi connectivity index (χ2v) is 11.9. The summed E-state index contributed by atoms with van der Waals surface area (Å²) in [6, 6.07) is 14.4. The molecule has 4 heterocycles. The minimum Gasteiger partial charge on any atom is -0.504 e. The molecule has 0 radical (unpaired) electrons. The number of fused-ring (bicyclic) bond motifs is 2. The van der Waals surface area contributed by atoms with Gasteiger partial charge in [-0.25, -0.2) is 14.4 Å². The Morgan fingerprint density at radius 3 is 2.57 bits per heavy atom. The highest BCUT2D eigenvalue weighted by Gasteiger charge is 2.30. The number of benzene rings is 2. The second kappa shape index (κ2) is 10.8. The molecule has 0 spiro atoms. The van der Waals surface area contributed by atoms with Gasteiger partial charge in [-0.1, -0.05) is 0 Å². The molecule has 2 aromatic carbocycles. The molecule has 1 amide bonds. The number of nitrogens with two attached hydrogens (primary N) is 1. The van der Waals surface area contributed by atoms with Crippen LogP contribution in [0.1, 0.15) is 29.6 Å². The number of amides is 1. The maximum absolute atomic E-state index is 14.3. The van der Waals surface area contributed by atoms with E-state index in [0.29, 0.717) is 35.0 Å². The number of imidazole rings is 1. The SMILES string of the molecule is COc1cc(-c2ccc3cc(-c4nc5cc(C(=O)N6C[C@H](N)C[C@@H](F)C6)cc(OC)c5n4C)n(CC4CC4)c3n2)ccc1O. The van der Waals surface area contributed by atoms with Crippen molar-refractivity contribution in [1.29, 1.82) is 0 Å². The first-order valence-corrected chi connectivity index (χ1v) is 14.9. The summed E-state index contributed by atoms with van der Waals surface area (Å²) in [5.74, 6) is 1.96. The Morgan fingerprint density at radius 1 is 1.05 bits per heavy atom. The number of methoxy groups -OCH3 is 2. The van der Waals surface area contributed by atoms with Crippen LogP contribution in [0.5, 0.6) is 17.2 Å². The van der Waals surface area contributed by atoms with Gasteiger partial charge in [0.2, 0.25) is 0 Å². The van der Waals surface area contributed by atoms with Crippen LogP contribution in [0.25, 0.3) is 44.8 Å². The molecule has 2 atom stereocenters. The summed E-state index contributed by atoms with van der Waals surface area (Å²) < 4.78 is 29.5. The number of likely N-dealkylation sites (tertiary alicyclic amines) is 1. The molecule has 1 aliphatic heterocycles. The number of aromatic hydroxyl groups is 1. The lowest BCUT2D eigenvalue weighted by Gasteiger charge is -2.33. The molecule has 10 nitrogen and oxygen atoms in total. The van der Waals surface area contributed by atoms with E-state index in [9.17, 15) is 14.3 Å². The van der Waals surface area contributed by atoms with Crippen molar-refractivity contribution in [1.82, 2.24) is 24.0 Å². The van der Waals surface area contributed by atoms with Gasteiger partial charge < -0.3 is 34.3 Å². The predicted octanol–water partition coefficient (Wildman–Crippen LogP) is 4.90. The highest BCUT2D eigenvalue weighted by Crippen LogP contribution is 2.39. The monoisotopic (exact) mass is 598 g/mol. The summed E-state index contributed by atoms with van der Waals surface area (Å²) in [6.45, 7) is 1.13. The van der Waals surface area contributed by atoms with Crippen LogP contribution < -0.4 is 15.2 Å². The summed E-state index contributed by atoms with van der Waals surface area (Å²) in [6.07, 6.45) is 1.43. The van der Waals surface area contributed by atoms with Crippen LogP contribution in [-0.2, 0) is 13.6 Å². The molecule has 2 fully saturated rings. The third kappa shape index (κ3) is 4.90. The van der Waals surface area contributed by atoms with Crippen molar-refractivity contribution < 1.29 is 23.8 Å². The number of halogens is 1. The van der Waals surface area contributed by atoms with Crippen LogP contribution >= 0.6 is 0 Å². The van der Waals surface area contributed by atoms with Crippen LogP contribution in [-0.4, -0.2) is 74.5 Å². The van der Waals surface area contributed by atoms with Crippen molar-refractivity contribution in [2.24, 2.45) is 18.7 Å². The quantitative estimate of drug-likeness (QED) is 0.273. The van der Waals surface area contributed by atoms with Gasteiger partial charge >= 0.3 is 0 Å². The van der Waals surface area contributed by atoms with E-state index in [2.05, 4.69) is 10.6 Å². The number of aromatic nitrogens is 4. The average molecular weight is 599 g/mol. The third-order valence-corrected chi connectivity index (χ3v) is 8.71. The van der Waals surface area contributed by atoms with E-state index in [1.54, 1.807) is 31.4 Å². The van der Waals surface area contributed by atoms with Crippen LogP contribution in [0.15, 0.2) is 48.5 Å². The fraction of sp³-hybridized carbons (Fsp3) is 0.364. The molecule has 1 saturated carbocycles. The number of aryl methyl sites for hydroxylation is 1. The predicted molar refractivity (Wildman–Crippen MR) is 166 cm³/mol. The third-order valence-electron chi connectivity index (χ3n) is 8.71. The summed E-state index contributed by atoms with van der Waals surface area (Å²) in [7, 11) is 5.03. The van der Waals surface area contributed by atoms with Crippen molar-refractivity contribution in [3.8, 4) is 40.0 Å². The normalized spacial score (nSPS) is 18.7. The molecule has 3 aromatic heterocycles. The number of phenols is 1. The number of hydrogen-bond donors (Lipinski definition) is 2. The number of pyridine rings is 1. The molecule has 44 heavy (non-hydrogen) atoms. The van der Waals surface area contributed by atoms with Crippen LogP contribution in [0.2, 0.25) is 0 Å². The largest absolute Gasteiger partial charge is 0.504 e. The van der Waals surface area contributed by atoms with E-state index in [4.69, 9.17) is 25.2 Å². The topological polar surface area (TPSA) is 121 Å². The first-order valence-electron chi connectivity index (χ1n) is 14.9. The van der Waals surface area contributed by atoms with Crippen LogP contribution in [0, 0.1) is 5.92 Å². The van der Waals surface area contributed by atoms with Crippen LogP contribution in [0.4, 0.5) is 4.39 Å². The lowest BCUT2D eigenvalue weighted by atomic mass is 10.0. The van der Waals surface area contributed by atoms with Crippen molar-refractivity contribution in [2.75, 3.05) is 27.3 Å².